The second kappa shape index (κ2) is 3.50. The first kappa shape index (κ1) is 10.9. The molecule has 1 aromatic carbocycles. The normalized spacial score (nSPS) is 11.8. The summed E-state index contributed by atoms with van der Waals surface area (Å²) in [5.74, 6) is -2.01. The van der Waals surface area contributed by atoms with Crippen molar-refractivity contribution in [2.45, 2.75) is 0 Å². The minimum atomic E-state index is -2.74. The number of rotatable bonds is 1. The molecule has 0 saturated heterocycles. The van der Waals surface area contributed by atoms with Gasteiger partial charge in [0.05, 0.1) is 9.78 Å². The topological polar surface area (TPSA) is 17.1 Å². The Balaban J connectivity index is 3.44. The zero-order valence-electron chi connectivity index (χ0n) is 7.14. The fourth-order valence-electron chi connectivity index (χ4n) is 0.932. The molecule has 0 amide bonds. The van der Waals surface area contributed by atoms with Gasteiger partial charge in [0.1, 0.15) is 7.14 Å². The van der Waals surface area contributed by atoms with Crippen molar-refractivity contribution in [2.24, 2.45) is 0 Å². The lowest BCUT2D eigenvalue weighted by atomic mass is 10.3. The van der Waals surface area contributed by atoms with Crippen molar-refractivity contribution in [1.82, 2.24) is 0 Å². The maximum absolute atomic E-state index is 13.2. The summed E-state index contributed by atoms with van der Waals surface area (Å²) in [4.78, 5) is 0. The van der Waals surface area contributed by atoms with E-state index in [0.717, 1.165) is 0 Å². The zero-order chi connectivity index (χ0) is 10.2. The Morgan fingerprint density at radius 2 is 1.77 bits per heavy atom. The molecule has 0 heterocycles. The summed E-state index contributed by atoms with van der Waals surface area (Å²) < 4.78 is 37.7. The van der Waals surface area contributed by atoms with Gasteiger partial charge in [-0.1, -0.05) is 0 Å². The van der Waals surface area contributed by atoms with E-state index in [9.17, 15) is 13.3 Å². The van der Waals surface area contributed by atoms with Crippen molar-refractivity contribution in [2.75, 3.05) is 13.3 Å². The van der Waals surface area contributed by atoms with Crippen LogP contribution >= 0.6 is 23.1 Å². The van der Waals surface area contributed by atoms with Crippen molar-refractivity contribution >= 4 is 28.4 Å². The van der Waals surface area contributed by atoms with Crippen molar-refractivity contribution < 1.29 is 13.3 Å². The molecular formula is C8H8BrF2OP. The van der Waals surface area contributed by atoms with Gasteiger partial charge in [0, 0.05) is 0 Å². The molecule has 1 rings (SSSR count). The number of benzene rings is 1. The van der Waals surface area contributed by atoms with Crippen LogP contribution in [-0.2, 0) is 4.57 Å². The molecule has 0 atom stereocenters. The predicted molar refractivity (Wildman–Crippen MR) is 53.1 cm³/mol. The third kappa shape index (κ3) is 2.18. The fourth-order valence-corrected chi connectivity index (χ4v) is 2.24. The summed E-state index contributed by atoms with van der Waals surface area (Å²) in [7, 11) is -2.74. The average Bonchev–Trinajstić information content (AvgIpc) is 1.98. The van der Waals surface area contributed by atoms with Crippen molar-refractivity contribution in [3.05, 3.63) is 28.2 Å². The molecule has 72 valence electrons. The predicted octanol–water partition coefficient (Wildman–Crippen LogP) is 2.98. The van der Waals surface area contributed by atoms with Crippen LogP contribution in [0.15, 0.2) is 16.6 Å². The van der Waals surface area contributed by atoms with Crippen LogP contribution in [0.1, 0.15) is 0 Å². The Labute approximate surface area is 83.6 Å². The largest absolute Gasteiger partial charge is 0.319 e. The first-order valence-corrected chi connectivity index (χ1v) is 6.92. The minimum Gasteiger partial charge on any atom is -0.319 e. The standard InChI is InChI=1S/C8H8BrF2OP/c1-13(2,12)6-4-3-5(9)7(10)8(6)11/h3-4H,1-2H3. The van der Waals surface area contributed by atoms with Crippen LogP contribution in [0.2, 0.25) is 0 Å². The summed E-state index contributed by atoms with van der Waals surface area (Å²) >= 11 is 2.84. The van der Waals surface area contributed by atoms with Crippen LogP contribution in [0, 0.1) is 11.6 Å². The van der Waals surface area contributed by atoms with Gasteiger partial charge < -0.3 is 4.57 Å². The zero-order valence-corrected chi connectivity index (χ0v) is 9.62. The first-order valence-electron chi connectivity index (χ1n) is 3.53. The fraction of sp³-hybridized carbons (Fsp3) is 0.250. The Hall–Kier alpha value is -0.210. The summed E-state index contributed by atoms with van der Waals surface area (Å²) in [5, 5.41) is -0.0480. The van der Waals surface area contributed by atoms with E-state index in [1.165, 1.54) is 25.5 Å². The first-order chi connectivity index (χ1) is 5.84. The highest BCUT2D eigenvalue weighted by molar-refractivity contribution is 9.10. The van der Waals surface area contributed by atoms with E-state index in [2.05, 4.69) is 15.9 Å². The molecule has 0 N–H and O–H groups in total. The van der Waals surface area contributed by atoms with Gasteiger partial charge in [0.2, 0.25) is 0 Å². The number of hydrogen-bond acceptors (Lipinski definition) is 1. The van der Waals surface area contributed by atoms with Gasteiger partial charge in [0.25, 0.3) is 0 Å². The van der Waals surface area contributed by atoms with Crippen LogP contribution < -0.4 is 5.30 Å². The van der Waals surface area contributed by atoms with Crippen LogP contribution in [0.3, 0.4) is 0 Å². The molecular weight excluding hydrogens is 261 g/mol. The highest BCUT2D eigenvalue weighted by Gasteiger charge is 2.20. The summed E-state index contributed by atoms with van der Waals surface area (Å²) in [5.41, 5.74) is 0. The van der Waals surface area contributed by atoms with Crippen LogP contribution in [0.5, 0.6) is 0 Å². The molecule has 1 aromatic rings. The second-order valence-corrected chi connectivity index (χ2v) is 7.08. The molecule has 0 aromatic heterocycles. The summed E-state index contributed by atoms with van der Waals surface area (Å²) in [6.45, 7) is 2.80. The van der Waals surface area contributed by atoms with Crippen molar-refractivity contribution in [3.8, 4) is 0 Å². The van der Waals surface area contributed by atoms with E-state index in [0.29, 0.717) is 0 Å². The van der Waals surface area contributed by atoms with Crippen LogP contribution in [-0.4, -0.2) is 13.3 Å². The molecule has 0 fully saturated rings. The maximum atomic E-state index is 13.2. The molecule has 0 aliphatic heterocycles. The average molecular weight is 269 g/mol. The molecule has 0 aliphatic carbocycles. The molecule has 0 unspecified atom stereocenters. The molecule has 13 heavy (non-hydrogen) atoms. The lowest BCUT2D eigenvalue weighted by Gasteiger charge is -2.08. The van der Waals surface area contributed by atoms with Crippen LogP contribution in [0.25, 0.3) is 0 Å². The Bertz CT molecular complexity index is 386. The van der Waals surface area contributed by atoms with Gasteiger partial charge in [-0.3, -0.25) is 0 Å². The van der Waals surface area contributed by atoms with Gasteiger partial charge >= 0.3 is 0 Å². The van der Waals surface area contributed by atoms with Gasteiger partial charge in [-0.2, -0.15) is 0 Å². The lowest BCUT2D eigenvalue weighted by molar-refractivity contribution is 0.508. The third-order valence-electron chi connectivity index (χ3n) is 1.59. The van der Waals surface area contributed by atoms with Gasteiger partial charge in [0.15, 0.2) is 11.6 Å². The van der Waals surface area contributed by atoms with E-state index >= 15 is 0 Å². The highest BCUT2D eigenvalue weighted by Crippen LogP contribution is 2.36. The van der Waals surface area contributed by atoms with E-state index in [4.69, 9.17) is 0 Å². The molecule has 0 bridgehead atoms. The maximum Gasteiger partial charge on any atom is 0.173 e. The molecule has 0 aliphatic rings. The molecule has 5 heteroatoms. The number of hydrogen-bond donors (Lipinski definition) is 0. The lowest BCUT2D eigenvalue weighted by Crippen LogP contribution is -2.10. The number of halogens is 3. The quantitative estimate of drug-likeness (QED) is 0.565. The Kier molecular flexibility index (Phi) is 2.93. The van der Waals surface area contributed by atoms with E-state index in [1.807, 2.05) is 0 Å². The highest BCUT2D eigenvalue weighted by atomic mass is 79.9. The third-order valence-corrected chi connectivity index (χ3v) is 3.71. The SMILES string of the molecule is CP(C)(=O)c1ccc(Br)c(F)c1F. The molecule has 0 saturated carbocycles. The molecule has 0 radical (unpaired) electrons. The molecule has 0 spiro atoms. The Morgan fingerprint density at radius 1 is 1.23 bits per heavy atom. The monoisotopic (exact) mass is 268 g/mol. The second-order valence-electron chi connectivity index (χ2n) is 3.05. The van der Waals surface area contributed by atoms with Gasteiger partial charge in [-0.25, -0.2) is 8.78 Å². The van der Waals surface area contributed by atoms with Crippen LogP contribution in [0.4, 0.5) is 8.78 Å². The smallest absolute Gasteiger partial charge is 0.173 e. The Morgan fingerprint density at radius 3 is 2.23 bits per heavy atom. The van der Waals surface area contributed by atoms with Gasteiger partial charge in [-0.15, -0.1) is 0 Å². The van der Waals surface area contributed by atoms with Crippen molar-refractivity contribution in [3.63, 3.8) is 0 Å². The van der Waals surface area contributed by atoms with Gasteiger partial charge in [-0.05, 0) is 41.4 Å². The minimum absolute atomic E-state index is 0.0437. The summed E-state index contributed by atoms with van der Waals surface area (Å²) in [6, 6.07) is 2.69. The molecule has 1 nitrogen and oxygen atoms in total. The summed E-state index contributed by atoms with van der Waals surface area (Å²) in [6.07, 6.45) is 0. The van der Waals surface area contributed by atoms with E-state index in [1.54, 1.807) is 0 Å². The van der Waals surface area contributed by atoms with E-state index in [-0.39, 0.29) is 9.78 Å². The van der Waals surface area contributed by atoms with E-state index < -0.39 is 18.8 Å². The van der Waals surface area contributed by atoms with Crippen molar-refractivity contribution in [1.29, 1.82) is 0 Å².